The van der Waals surface area contributed by atoms with Crippen molar-refractivity contribution in [1.82, 2.24) is 10.6 Å². The Labute approximate surface area is 185 Å². The average Bonchev–Trinajstić information content (AvgIpc) is 2.75. The third kappa shape index (κ3) is 5.24. The quantitative estimate of drug-likeness (QED) is 0.462. The highest BCUT2D eigenvalue weighted by molar-refractivity contribution is 4.97. The molecule has 2 heterocycles. The lowest BCUT2D eigenvalue weighted by atomic mass is 9.67. The fourth-order valence-electron chi connectivity index (χ4n) is 7.67. The van der Waals surface area contributed by atoms with Gasteiger partial charge in [0, 0.05) is 24.2 Å². The van der Waals surface area contributed by atoms with E-state index in [1.165, 1.54) is 70.6 Å². The maximum atomic E-state index is 10.7. The maximum Gasteiger partial charge on any atom is 0.0572 e. The number of piperidine rings is 2. The van der Waals surface area contributed by atoms with E-state index in [9.17, 15) is 10.2 Å². The molecule has 0 aromatic carbocycles. The normalized spacial score (nSPS) is 46.8. The fourth-order valence-corrected chi connectivity index (χ4v) is 7.67. The van der Waals surface area contributed by atoms with Gasteiger partial charge in [-0.1, -0.05) is 33.1 Å². The zero-order valence-corrected chi connectivity index (χ0v) is 19.6. The average molecular weight is 421 g/mol. The summed E-state index contributed by atoms with van der Waals surface area (Å²) >= 11 is 0. The third-order valence-electron chi connectivity index (χ3n) is 9.48. The molecule has 0 radical (unpaired) electrons. The van der Waals surface area contributed by atoms with E-state index in [2.05, 4.69) is 24.5 Å². The van der Waals surface area contributed by atoms with Gasteiger partial charge < -0.3 is 20.8 Å². The Morgan fingerprint density at radius 1 is 0.667 bits per heavy atom. The molecule has 10 unspecified atom stereocenters. The number of nitrogens with one attached hydrogen (secondary N) is 2. The second-order valence-electron chi connectivity index (χ2n) is 11.3. The molecule has 2 saturated heterocycles. The van der Waals surface area contributed by atoms with E-state index in [-0.39, 0.29) is 12.2 Å². The lowest BCUT2D eigenvalue weighted by Crippen LogP contribution is -2.54. The first-order valence-electron chi connectivity index (χ1n) is 13.4. The SMILES string of the molecule is CCCC1CCC2C(CCC(O)C2CCCCC2CCC3C(CCC(O)C3C)N2)N1. The smallest absolute Gasteiger partial charge is 0.0572 e. The van der Waals surface area contributed by atoms with Crippen LogP contribution in [0.1, 0.15) is 104 Å². The molecule has 4 rings (SSSR count). The number of hydrogen-bond donors (Lipinski definition) is 4. The molecule has 0 amide bonds. The molecule has 2 aliphatic heterocycles. The van der Waals surface area contributed by atoms with Gasteiger partial charge in [-0.2, -0.15) is 0 Å². The molecule has 4 fully saturated rings. The van der Waals surface area contributed by atoms with Gasteiger partial charge in [-0.3, -0.25) is 0 Å². The minimum absolute atomic E-state index is 0.0699. The van der Waals surface area contributed by atoms with E-state index < -0.39 is 0 Å². The van der Waals surface area contributed by atoms with E-state index in [4.69, 9.17) is 0 Å². The first kappa shape index (κ1) is 23.0. The molecule has 2 aliphatic carbocycles. The van der Waals surface area contributed by atoms with Crippen molar-refractivity contribution < 1.29 is 10.2 Å². The van der Waals surface area contributed by atoms with Crippen molar-refractivity contribution in [3.8, 4) is 0 Å². The summed E-state index contributed by atoms with van der Waals surface area (Å²) in [6.45, 7) is 4.54. The first-order valence-corrected chi connectivity index (χ1v) is 13.4. The Morgan fingerprint density at radius 2 is 1.27 bits per heavy atom. The monoisotopic (exact) mass is 420 g/mol. The molecule has 0 aromatic rings. The van der Waals surface area contributed by atoms with E-state index in [0.717, 1.165) is 25.3 Å². The van der Waals surface area contributed by atoms with Gasteiger partial charge in [0.05, 0.1) is 12.2 Å². The molecular formula is C26H48N2O2. The summed E-state index contributed by atoms with van der Waals surface area (Å²) in [6.07, 6.45) is 17.0. The highest BCUT2D eigenvalue weighted by Gasteiger charge is 2.41. The first-order chi connectivity index (χ1) is 14.6. The van der Waals surface area contributed by atoms with Crippen LogP contribution < -0.4 is 10.6 Å². The van der Waals surface area contributed by atoms with E-state index in [1.807, 2.05) is 0 Å². The van der Waals surface area contributed by atoms with Gasteiger partial charge in [-0.25, -0.2) is 0 Å². The van der Waals surface area contributed by atoms with Gasteiger partial charge in [0.2, 0.25) is 0 Å². The number of fused-ring (bicyclic) bond motifs is 2. The van der Waals surface area contributed by atoms with Crippen molar-refractivity contribution in [3.05, 3.63) is 0 Å². The van der Waals surface area contributed by atoms with Crippen LogP contribution in [0.4, 0.5) is 0 Å². The Bertz CT molecular complexity index is 529. The summed E-state index contributed by atoms with van der Waals surface area (Å²) in [5.41, 5.74) is 0. The van der Waals surface area contributed by atoms with Gasteiger partial charge in [0.1, 0.15) is 0 Å². The van der Waals surface area contributed by atoms with Crippen LogP contribution in [0, 0.1) is 23.7 Å². The second kappa shape index (κ2) is 10.6. The van der Waals surface area contributed by atoms with Crippen LogP contribution in [0.2, 0.25) is 0 Å². The Hall–Kier alpha value is -0.160. The van der Waals surface area contributed by atoms with Gasteiger partial charge in [0.15, 0.2) is 0 Å². The van der Waals surface area contributed by atoms with Gasteiger partial charge in [-0.05, 0) is 94.3 Å². The predicted molar refractivity (Wildman–Crippen MR) is 123 cm³/mol. The molecule has 174 valence electrons. The van der Waals surface area contributed by atoms with Gasteiger partial charge >= 0.3 is 0 Å². The Balaban J connectivity index is 1.19. The van der Waals surface area contributed by atoms with Crippen LogP contribution >= 0.6 is 0 Å². The minimum Gasteiger partial charge on any atom is -0.393 e. The largest absolute Gasteiger partial charge is 0.393 e. The number of aliphatic hydroxyl groups is 2. The lowest BCUT2D eigenvalue weighted by Gasteiger charge is -2.47. The van der Waals surface area contributed by atoms with E-state index in [0.29, 0.717) is 41.8 Å². The number of unbranched alkanes of at least 4 members (excludes halogenated alkanes) is 1. The van der Waals surface area contributed by atoms with Gasteiger partial charge in [-0.15, -0.1) is 0 Å². The van der Waals surface area contributed by atoms with Crippen molar-refractivity contribution in [2.24, 2.45) is 23.7 Å². The third-order valence-corrected chi connectivity index (χ3v) is 9.48. The molecule has 4 aliphatic rings. The summed E-state index contributed by atoms with van der Waals surface area (Å²) in [4.78, 5) is 0. The summed E-state index contributed by atoms with van der Waals surface area (Å²) in [5, 5.41) is 28.8. The molecule has 4 nitrogen and oxygen atoms in total. The predicted octanol–water partition coefficient (Wildman–Crippen LogP) is 4.38. The minimum atomic E-state index is -0.0816. The number of hydrogen-bond acceptors (Lipinski definition) is 4. The maximum absolute atomic E-state index is 10.7. The van der Waals surface area contributed by atoms with Crippen LogP contribution in [0.5, 0.6) is 0 Å². The zero-order valence-electron chi connectivity index (χ0n) is 19.6. The number of aliphatic hydroxyl groups excluding tert-OH is 2. The van der Waals surface area contributed by atoms with E-state index >= 15 is 0 Å². The van der Waals surface area contributed by atoms with Crippen molar-refractivity contribution in [1.29, 1.82) is 0 Å². The second-order valence-corrected chi connectivity index (χ2v) is 11.3. The fraction of sp³-hybridized carbons (Fsp3) is 1.00. The molecule has 10 atom stereocenters. The summed E-state index contributed by atoms with van der Waals surface area (Å²) in [6, 6.07) is 2.68. The lowest BCUT2D eigenvalue weighted by molar-refractivity contribution is -0.0108. The van der Waals surface area contributed by atoms with Crippen LogP contribution in [0.3, 0.4) is 0 Å². The number of rotatable bonds is 7. The van der Waals surface area contributed by atoms with E-state index in [1.54, 1.807) is 0 Å². The molecule has 0 aromatic heterocycles. The molecule has 30 heavy (non-hydrogen) atoms. The zero-order chi connectivity index (χ0) is 21.1. The molecule has 4 N–H and O–H groups in total. The summed E-state index contributed by atoms with van der Waals surface area (Å²) < 4.78 is 0. The standard InChI is InChI=1S/C26H48N2O2/c1-3-6-18-10-12-21-22(26(30)16-14-24(21)27-18)8-5-4-7-19-9-11-20-17(2)25(29)15-13-23(20)28-19/h17-30H,3-16H2,1-2H3. The molecular weight excluding hydrogens is 372 g/mol. The summed E-state index contributed by atoms with van der Waals surface area (Å²) in [7, 11) is 0. The van der Waals surface area contributed by atoms with Crippen molar-refractivity contribution in [2.45, 2.75) is 140 Å². The van der Waals surface area contributed by atoms with Crippen molar-refractivity contribution in [2.75, 3.05) is 0 Å². The van der Waals surface area contributed by atoms with Crippen molar-refractivity contribution >= 4 is 0 Å². The topological polar surface area (TPSA) is 64.5 Å². The highest BCUT2D eigenvalue weighted by Crippen LogP contribution is 2.41. The van der Waals surface area contributed by atoms with Crippen LogP contribution in [-0.4, -0.2) is 46.6 Å². The molecule has 0 spiro atoms. The van der Waals surface area contributed by atoms with Gasteiger partial charge in [0.25, 0.3) is 0 Å². The summed E-state index contributed by atoms with van der Waals surface area (Å²) in [5.74, 6) is 2.35. The molecule has 4 heteroatoms. The van der Waals surface area contributed by atoms with Crippen LogP contribution in [-0.2, 0) is 0 Å². The van der Waals surface area contributed by atoms with Crippen LogP contribution in [0.15, 0.2) is 0 Å². The Morgan fingerprint density at radius 3 is 2.00 bits per heavy atom. The molecule has 0 bridgehead atoms. The highest BCUT2D eigenvalue weighted by atomic mass is 16.3. The van der Waals surface area contributed by atoms with Crippen LogP contribution in [0.25, 0.3) is 0 Å². The molecule has 2 saturated carbocycles. The van der Waals surface area contributed by atoms with Crippen molar-refractivity contribution in [3.63, 3.8) is 0 Å². The Kier molecular flexibility index (Phi) is 8.16.